The van der Waals surface area contributed by atoms with E-state index >= 15 is 0 Å². The summed E-state index contributed by atoms with van der Waals surface area (Å²) in [6.45, 7) is 5.98. The lowest BCUT2D eigenvalue weighted by molar-refractivity contribution is 0.0675. The Morgan fingerprint density at radius 1 is 1.00 bits per heavy atom. The third kappa shape index (κ3) is 6.47. The summed E-state index contributed by atoms with van der Waals surface area (Å²) in [5, 5.41) is 0. The molecule has 124 valence electrons. The first-order valence-electron chi connectivity index (χ1n) is 8.74. The molecule has 0 aromatic heterocycles. The summed E-state index contributed by atoms with van der Waals surface area (Å²) in [5.41, 5.74) is 1.48. The molecule has 1 aliphatic rings. The van der Waals surface area contributed by atoms with Gasteiger partial charge in [0, 0.05) is 20.3 Å². The van der Waals surface area contributed by atoms with Crippen molar-refractivity contribution in [3.8, 4) is 0 Å². The molecule has 1 heterocycles. The van der Waals surface area contributed by atoms with Gasteiger partial charge in [0.2, 0.25) is 0 Å². The molecule has 0 unspecified atom stereocenters. The van der Waals surface area contributed by atoms with Gasteiger partial charge in [0.1, 0.15) is 0 Å². The van der Waals surface area contributed by atoms with Crippen LogP contribution < -0.4 is 0 Å². The second kappa shape index (κ2) is 10.8. The predicted octanol–water partition coefficient (Wildman–Crippen LogP) is 3.70. The van der Waals surface area contributed by atoms with Crippen molar-refractivity contribution in [3.05, 3.63) is 35.9 Å². The van der Waals surface area contributed by atoms with Crippen LogP contribution in [-0.4, -0.2) is 51.5 Å². The van der Waals surface area contributed by atoms with E-state index in [9.17, 15) is 0 Å². The molecule has 1 saturated heterocycles. The maximum absolute atomic E-state index is 5.61. The zero-order valence-corrected chi connectivity index (χ0v) is 14.0. The van der Waals surface area contributed by atoms with Crippen LogP contribution in [0.3, 0.4) is 0 Å². The number of nitrogens with zero attached hydrogens (tertiary/aromatic N) is 1. The third-order valence-corrected chi connectivity index (χ3v) is 4.47. The molecule has 1 aliphatic heterocycles. The second-order valence-corrected chi connectivity index (χ2v) is 6.22. The second-order valence-electron chi connectivity index (χ2n) is 6.22. The van der Waals surface area contributed by atoms with Crippen molar-refractivity contribution in [2.75, 3.05) is 46.6 Å². The molecule has 3 heteroatoms. The normalized spacial score (nSPS) is 17.5. The van der Waals surface area contributed by atoms with E-state index in [0.717, 1.165) is 13.0 Å². The molecule has 0 bridgehead atoms. The first-order valence-corrected chi connectivity index (χ1v) is 8.74. The summed E-state index contributed by atoms with van der Waals surface area (Å²) in [5.74, 6) is 0.630. The minimum Gasteiger partial charge on any atom is -0.382 e. The van der Waals surface area contributed by atoms with Crippen molar-refractivity contribution in [1.29, 1.82) is 0 Å². The lowest BCUT2D eigenvalue weighted by Crippen LogP contribution is -2.33. The molecule has 2 rings (SSSR count). The van der Waals surface area contributed by atoms with Gasteiger partial charge >= 0.3 is 0 Å². The van der Waals surface area contributed by atoms with E-state index in [0.29, 0.717) is 19.1 Å². The lowest BCUT2D eigenvalue weighted by atomic mass is 9.93. The highest BCUT2D eigenvalue weighted by molar-refractivity contribution is 5.19. The van der Waals surface area contributed by atoms with Gasteiger partial charge in [-0.3, -0.25) is 0 Å². The van der Waals surface area contributed by atoms with E-state index in [1.54, 1.807) is 7.11 Å². The molecule has 3 nitrogen and oxygen atoms in total. The van der Waals surface area contributed by atoms with Crippen LogP contribution in [-0.2, 0) is 9.47 Å². The number of hydrogen-bond acceptors (Lipinski definition) is 3. The van der Waals surface area contributed by atoms with Crippen LogP contribution in [0.4, 0.5) is 0 Å². The zero-order chi connectivity index (χ0) is 15.5. The number of ether oxygens (including phenoxy) is 2. The van der Waals surface area contributed by atoms with E-state index in [1.165, 1.54) is 50.9 Å². The Hall–Kier alpha value is -0.900. The number of piperidine rings is 1. The van der Waals surface area contributed by atoms with E-state index in [-0.39, 0.29) is 0 Å². The zero-order valence-electron chi connectivity index (χ0n) is 14.0. The van der Waals surface area contributed by atoms with Gasteiger partial charge in [-0.25, -0.2) is 0 Å². The highest BCUT2D eigenvalue weighted by Gasteiger charge is 2.17. The minimum absolute atomic E-state index is 0.630. The molecule has 0 radical (unpaired) electrons. The summed E-state index contributed by atoms with van der Waals surface area (Å²) < 4.78 is 10.6. The van der Waals surface area contributed by atoms with Gasteiger partial charge in [-0.15, -0.1) is 0 Å². The highest BCUT2D eigenvalue weighted by Crippen LogP contribution is 2.24. The molecule has 1 aromatic carbocycles. The van der Waals surface area contributed by atoms with E-state index in [4.69, 9.17) is 9.47 Å². The molecule has 0 spiro atoms. The number of hydrogen-bond donors (Lipinski definition) is 0. The largest absolute Gasteiger partial charge is 0.382 e. The molecule has 1 aromatic rings. The van der Waals surface area contributed by atoms with Crippen LogP contribution in [0.25, 0.3) is 0 Å². The standard InChI is InChI=1S/C19H31NO2/c1-21-15-16-22-14-8-11-19(18-9-4-2-5-10-18)17-20-12-6-3-7-13-20/h2,4-5,9-10,19H,3,6-8,11-17H2,1H3/t19-/m0/s1. The Morgan fingerprint density at radius 3 is 2.50 bits per heavy atom. The fourth-order valence-corrected chi connectivity index (χ4v) is 3.22. The minimum atomic E-state index is 0.630. The molecule has 0 N–H and O–H groups in total. The first kappa shape index (κ1) is 17.5. The number of methoxy groups -OCH3 is 1. The van der Waals surface area contributed by atoms with Crippen molar-refractivity contribution in [3.63, 3.8) is 0 Å². The van der Waals surface area contributed by atoms with Crippen molar-refractivity contribution in [1.82, 2.24) is 4.90 Å². The maximum Gasteiger partial charge on any atom is 0.0700 e. The molecule has 0 saturated carbocycles. The molecule has 22 heavy (non-hydrogen) atoms. The van der Waals surface area contributed by atoms with Crippen molar-refractivity contribution in [2.24, 2.45) is 0 Å². The average Bonchev–Trinajstić information content (AvgIpc) is 2.58. The first-order chi connectivity index (χ1) is 10.9. The molecular weight excluding hydrogens is 274 g/mol. The van der Waals surface area contributed by atoms with Gasteiger partial charge in [0.15, 0.2) is 0 Å². The van der Waals surface area contributed by atoms with E-state index < -0.39 is 0 Å². The van der Waals surface area contributed by atoms with Crippen molar-refractivity contribution >= 4 is 0 Å². The Balaban J connectivity index is 1.79. The molecule has 1 atom stereocenters. The summed E-state index contributed by atoms with van der Waals surface area (Å²) in [6.07, 6.45) is 6.45. The fourth-order valence-electron chi connectivity index (χ4n) is 3.22. The smallest absolute Gasteiger partial charge is 0.0700 e. The van der Waals surface area contributed by atoms with Crippen molar-refractivity contribution < 1.29 is 9.47 Å². The Morgan fingerprint density at radius 2 is 1.77 bits per heavy atom. The summed E-state index contributed by atoms with van der Waals surface area (Å²) in [4.78, 5) is 2.65. The van der Waals surface area contributed by atoms with E-state index in [1.807, 2.05) is 0 Å². The topological polar surface area (TPSA) is 21.7 Å². The molecule has 0 amide bonds. The summed E-state index contributed by atoms with van der Waals surface area (Å²) in [7, 11) is 1.72. The van der Waals surface area contributed by atoms with Crippen LogP contribution in [0.5, 0.6) is 0 Å². The van der Waals surface area contributed by atoms with Gasteiger partial charge in [0.25, 0.3) is 0 Å². The van der Waals surface area contributed by atoms with Crippen LogP contribution in [0.2, 0.25) is 0 Å². The monoisotopic (exact) mass is 305 g/mol. The quantitative estimate of drug-likeness (QED) is 0.615. The van der Waals surface area contributed by atoms with Gasteiger partial charge < -0.3 is 14.4 Å². The average molecular weight is 305 g/mol. The summed E-state index contributed by atoms with van der Waals surface area (Å²) >= 11 is 0. The maximum atomic E-state index is 5.61. The Bertz CT molecular complexity index is 376. The van der Waals surface area contributed by atoms with Crippen molar-refractivity contribution in [2.45, 2.75) is 38.0 Å². The van der Waals surface area contributed by atoms with Crippen LogP contribution in [0.1, 0.15) is 43.6 Å². The van der Waals surface area contributed by atoms with Crippen LogP contribution in [0, 0.1) is 0 Å². The van der Waals surface area contributed by atoms with E-state index in [2.05, 4.69) is 35.2 Å². The van der Waals surface area contributed by atoms with Gasteiger partial charge in [-0.2, -0.15) is 0 Å². The fraction of sp³-hybridized carbons (Fsp3) is 0.684. The van der Waals surface area contributed by atoms with Crippen LogP contribution >= 0.6 is 0 Å². The predicted molar refractivity (Wildman–Crippen MR) is 91.4 cm³/mol. The number of rotatable bonds is 10. The SMILES string of the molecule is COCCOCCC[C@@H](CN1CCCCC1)c1ccccc1. The number of likely N-dealkylation sites (tertiary alicyclic amines) is 1. The van der Waals surface area contributed by atoms with Crippen LogP contribution in [0.15, 0.2) is 30.3 Å². The third-order valence-electron chi connectivity index (χ3n) is 4.47. The lowest BCUT2D eigenvalue weighted by Gasteiger charge is -2.30. The highest BCUT2D eigenvalue weighted by atomic mass is 16.5. The molecule has 1 fully saturated rings. The number of benzene rings is 1. The van der Waals surface area contributed by atoms with Gasteiger partial charge in [0.05, 0.1) is 13.2 Å². The Kier molecular flexibility index (Phi) is 8.54. The molecule has 0 aliphatic carbocycles. The summed E-state index contributed by atoms with van der Waals surface area (Å²) in [6, 6.07) is 11.0. The molecular formula is C19H31NO2. The Labute approximate surface area is 135 Å². The van der Waals surface area contributed by atoms with Gasteiger partial charge in [-0.05, 0) is 50.3 Å². The van der Waals surface area contributed by atoms with Gasteiger partial charge in [-0.1, -0.05) is 36.8 Å².